The van der Waals surface area contributed by atoms with E-state index < -0.39 is 18.1 Å². The lowest BCUT2D eigenvalue weighted by atomic mass is 10.0. The second-order valence-electron chi connectivity index (χ2n) is 3.82. The zero-order chi connectivity index (χ0) is 11.6. The van der Waals surface area contributed by atoms with Crippen molar-refractivity contribution in [3.05, 3.63) is 11.1 Å². The zero-order valence-corrected chi connectivity index (χ0v) is 9.75. The van der Waals surface area contributed by atoms with Crippen LogP contribution >= 0.6 is 11.6 Å². The van der Waals surface area contributed by atoms with Crippen molar-refractivity contribution >= 4 is 23.7 Å². The lowest BCUT2D eigenvalue weighted by molar-refractivity contribution is -0.136. The van der Waals surface area contributed by atoms with E-state index in [-0.39, 0.29) is 5.92 Å². The van der Waals surface area contributed by atoms with E-state index in [1.54, 1.807) is 13.0 Å². The van der Waals surface area contributed by atoms with Crippen LogP contribution in [0.2, 0.25) is 0 Å². The number of hydrogen-bond donors (Lipinski definition) is 0. The second-order valence-corrected chi connectivity index (χ2v) is 4.42. The third-order valence-corrected chi connectivity index (χ3v) is 2.35. The number of esters is 1. The number of amides is 1. The summed E-state index contributed by atoms with van der Waals surface area (Å²) in [6, 6.07) is -0.496. The molecule has 0 N–H and O–H groups in total. The highest BCUT2D eigenvalue weighted by Gasteiger charge is 2.42. The highest BCUT2D eigenvalue weighted by molar-refractivity contribution is 6.29. The van der Waals surface area contributed by atoms with Crippen molar-refractivity contribution in [3.63, 3.8) is 0 Å². The minimum Gasteiger partial charge on any atom is -0.375 e. The number of carbonyl (C=O) groups is 2. The van der Waals surface area contributed by atoms with Gasteiger partial charge in [0.05, 0.1) is 0 Å². The Labute approximate surface area is 93.8 Å². The van der Waals surface area contributed by atoms with E-state index in [0.29, 0.717) is 11.6 Å². The van der Waals surface area contributed by atoms with E-state index in [9.17, 15) is 9.59 Å². The maximum atomic E-state index is 11.3. The van der Waals surface area contributed by atoms with Crippen LogP contribution in [0.15, 0.2) is 11.1 Å². The summed E-state index contributed by atoms with van der Waals surface area (Å²) in [4.78, 5) is 24.1. The van der Waals surface area contributed by atoms with Gasteiger partial charge < -0.3 is 4.74 Å². The molecule has 0 bridgehead atoms. The van der Waals surface area contributed by atoms with E-state index >= 15 is 0 Å². The number of rotatable bonds is 3. The first-order valence-electron chi connectivity index (χ1n) is 4.78. The van der Waals surface area contributed by atoms with Crippen molar-refractivity contribution in [2.45, 2.75) is 26.8 Å². The number of nitrogens with zero attached hydrogens (tertiary/aromatic N) is 1. The molecular formula is C10H14ClNO3. The number of carbonyl (C=O) groups excluding carboxylic acids is 2. The molecular weight excluding hydrogens is 218 g/mol. The maximum Gasteiger partial charge on any atom is 0.418 e. The number of halogens is 1. The highest BCUT2D eigenvalue weighted by Crippen LogP contribution is 2.20. The molecule has 0 spiro atoms. The highest BCUT2D eigenvalue weighted by atomic mass is 35.5. The molecule has 1 aliphatic rings. The monoisotopic (exact) mass is 231 g/mol. The molecule has 1 heterocycles. The Morgan fingerprint density at radius 2 is 2.20 bits per heavy atom. The van der Waals surface area contributed by atoms with Crippen molar-refractivity contribution in [3.8, 4) is 0 Å². The predicted molar refractivity (Wildman–Crippen MR) is 56.4 cm³/mol. The van der Waals surface area contributed by atoms with Gasteiger partial charge in [0.25, 0.3) is 0 Å². The van der Waals surface area contributed by atoms with Crippen LogP contribution in [0.1, 0.15) is 20.8 Å². The third-order valence-electron chi connectivity index (χ3n) is 2.20. The van der Waals surface area contributed by atoms with Crippen LogP contribution in [0.4, 0.5) is 4.79 Å². The number of cyclic esters (lactones) is 2. The third kappa shape index (κ3) is 2.72. The summed E-state index contributed by atoms with van der Waals surface area (Å²) in [6.07, 6.45) is 1.09. The van der Waals surface area contributed by atoms with Gasteiger partial charge in [-0.3, -0.25) is 4.90 Å². The summed E-state index contributed by atoms with van der Waals surface area (Å²) in [5.74, 6) is -0.441. The standard InChI is InChI=1S/C10H14ClNO3/c1-6(2)8-9(13)15-10(14)12(8)5-4-7(3)11/h4,6,8H,5H2,1-3H3/b7-4-. The minimum atomic E-state index is -0.590. The van der Waals surface area contributed by atoms with Gasteiger partial charge in [-0.2, -0.15) is 0 Å². The molecule has 0 aromatic heterocycles. The lowest BCUT2D eigenvalue weighted by Gasteiger charge is -2.21. The average Bonchev–Trinajstić information content (AvgIpc) is 2.37. The normalized spacial score (nSPS) is 22.6. The van der Waals surface area contributed by atoms with E-state index in [1.165, 1.54) is 4.90 Å². The summed E-state index contributed by atoms with van der Waals surface area (Å²) in [6.45, 7) is 5.77. The fraction of sp³-hybridized carbons (Fsp3) is 0.600. The smallest absolute Gasteiger partial charge is 0.375 e. The van der Waals surface area contributed by atoms with Gasteiger partial charge >= 0.3 is 12.1 Å². The first-order chi connectivity index (χ1) is 6.93. The summed E-state index contributed by atoms with van der Waals surface area (Å²) >= 11 is 5.66. The Balaban J connectivity index is 2.79. The molecule has 0 aromatic carbocycles. The van der Waals surface area contributed by atoms with Crippen molar-refractivity contribution in [1.29, 1.82) is 0 Å². The topological polar surface area (TPSA) is 46.6 Å². The van der Waals surface area contributed by atoms with Gasteiger partial charge in [-0.1, -0.05) is 31.5 Å². The predicted octanol–water partition coefficient (Wildman–Crippen LogP) is 2.13. The van der Waals surface area contributed by atoms with E-state index in [0.717, 1.165) is 0 Å². The Hall–Kier alpha value is -1.03. The molecule has 0 aromatic rings. The zero-order valence-electron chi connectivity index (χ0n) is 8.99. The van der Waals surface area contributed by atoms with E-state index in [2.05, 4.69) is 4.74 Å². The first-order valence-corrected chi connectivity index (χ1v) is 5.16. The molecule has 1 amide bonds. The Bertz CT molecular complexity index is 308. The molecule has 1 aliphatic heterocycles. The molecule has 0 radical (unpaired) electrons. The summed E-state index contributed by atoms with van der Waals surface area (Å²) < 4.78 is 4.56. The first kappa shape index (κ1) is 12.0. The van der Waals surface area contributed by atoms with Crippen LogP contribution in [0.5, 0.6) is 0 Å². The summed E-state index contributed by atoms with van der Waals surface area (Å²) in [5, 5.41) is 0.588. The minimum absolute atomic E-state index is 0.0352. The van der Waals surface area contributed by atoms with Crippen LogP contribution < -0.4 is 0 Å². The molecule has 1 rings (SSSR count). The Morgan fingerprint density at radius 1 is 1.60 bits per heavy atom. The molecule has 1 atom stereocenters. The molecule has 1 saturated heterocycles. The van der Waals surface area contributed by atoms with Crippen molar-refractivity contribution in [2.24, 2.45) is 5.92 Å². The molecule has 15 heavy (non-hydrogen) atoms. The molecule has 84 valence electrons. The van der Waals surface area contributed by atoms with Crippen molar-refractivity contribution in [2.75, 3.05) is 6.54 Å². The fourth-order valence-electron chi connectivity index (χ4n) is 1.49. The maximum absolute atomic E-state index is 11.3. The molecule has 1 unspecified atom stereocenters. The van der Waals surface area contributed by atoms with E-state index in [1.807, 2.05) is 13.8 Å². The van der Waals surface area contributed by atoms with Gasteiger partial charge in [0.2, 0.25) is 0 Å². The van der Waals surface area contributed by atoms with Crippen LogP contribution in [0.3, 0.4) is 0 Å². The molecule has 1 fully saturated rings. The molecule has 5 heteroatoms. The lowest BCUT2D eigenvalue weighted by Crippen LogP contribution is -2.39. The van der Waals surface area contributed by atoms with Gasteiger partial charge in [0, 0.05) is 11.6 Å². The number of ether oxygens (including phenoxy) is 1. The molecule has 0 aliphatic carbocycles. The van der Waals surface area contributed by atoms with Crippen molar-refractivity contribution < 1.29 is 14.3 Å². The van der Waals surface area contributed by atoms with E-state index in [4.69, 9.17) is 11.6 Å². The van der Waals surface area contributed by atoms with Crippen molar-refractivity contribution in [1.82, 2.24) is 4.90 Å². The van der Waals surface area contributed by atoms with Gasteiger partial charge in [0.15, 0.2) is 0 Å². The van der Waals surface area contributed by atoms with Crippen LogP contribution in [-0.4, -0.2) is 29.5 Å². The second kappa shape index (κ2) is 4.66. The van der Waals surface area contributed by atoms with Gasteiger partial charge in [0.1, 0.15) is 6.04 Å². The van der Waals surface area contributed by atoms with Crippen LogP contribution in [-0.2, 0) is 9.53 Å². The molecule has 0 saturated carbocycles. The SMILES string of the molecule is C/C(Cl)=C/CN1C(=O)OC(=O)C1C(C)C. The molecule has 4 nitrogen and oxygen atoms in total. The fourth-order valence-corrected chi connectivity index (χ4v) is 1.56. The summed E-state index contributed by atoms with van der Waals surface area (Å²) in [5.41, 5.74) is 0. The van der Waals surface area contributed by atoms with Gasteiger partial charge in [-0.25, -0.2) is 9.59 Å². The number of allylic oxidation sites excluding steroid dienone is 1. The average molecular weight is 232 g/mol. The summed E-state index contributed by atoms with van der Waals surface area (Å²) in [7, 11) is 0. The van der Waals surface area contributed by atoms with Crippen LogP contribution in [0.25, 0.3) is 0 Å². The number of hydrogen-bond acceptors (Lipinski definition) is 3. The largest absolute Gasteiger partial charge is 0.418 e. The Morgan fingerprint density at radius 3 is 2.67 bits per heavy atom. The van der Waals surface area contributed by atoms with Gasteiger partial charge in [-0.15, -0.1) is 0 Å². The Kier molecular flexibility index (Phi) is 3.74. The van der Waals surface area contributed by atoms with Crippen LogP contribution in [0, 0.1) is 5.92 Å². The quantitative estimate of drug-likeness (QED) is 0.552. The van der Waals surface area contributed by atoms with Gasteiger partial charge in [-0.05, 0) is 12.8 Å².